The molecule has 7 rings (SSSR count). The number of ether oxygens (including phenoxy) is 1. The Kier molecular flexibility index (Phi) is 8.97. The average molecular weight is 784 g/mol. The summed E-state index contributed by atoms with van der Waals surface area (Å²) in [5, 5.41) is 6.98. The van der Waals surface area contributed by atoms with Crippen LogP contribution in [0.5, 0.6) is 11.5 Å². The number of hydrogen-bond donors (Lipinski definition) is 0. The Labute approximate surface area is 285 Å². The smallest absolute Gasteiger partial charge is 0.509 e. The van der Waals surface area contributed by atoms with Gasteiger partial charge in [-0.15, -0.1) is 35.7 Å². The molecule has 6 heteroatoms. The monoisotopic (exact) mass is 783 g/mol. The van der Waals surface area contributed by atoms with E-state index in [9.17, 15) is 0 Å². The number of para-hydroxylation sites is 1. The molecule has 3 aromatic heterocycles. The summed E-state index contributed by atoms with van der Waals surface area (Å²) in [5.74, 6) is 2.48. The van der Waals surface area contributed by atoms with Gasteiger partial charge in [0.1, 0.15) is 5.82 Å². The molecule has 0 unspecified atom stereocenters. The fourth-order valence-corrected chi connectivity index (χ4v) is 6.29. The maximum absolute atomic E-state index is 6.39. The molecule has 0 N–H and O–H groups in total. The van der Waals surface area contributed by atoms with E-state index >= 15 is 0 Å². The van der Waals surface area contributed by atoms with Crippen LogP contribution in [0.15, 0.2) is 97.5 Å². The first-order valence-electron chi connectivity index (χ1n) is 15.7. The number of aryl methyl sites for hydroxylation is 3. The van der Waals surface area contributed by atoms with Gasteiger partial charge < -0.3 is 9.30 Å². The van der Waals surface area contributed by atoms with Gasteiger partial charge in [-0.1, -0.05) is 69.1 Å². The van der Waals surface area contributed by atoms with Gasteiger partial charge in [-0.25, -0.2) is 4.98 Å². The zero-order valence-electron chi connectivity index (χ0n) is 26.7. The molecule has 0 saturated carbocycles. The molecule has 0 amide bonds. The van der Waals surface area contributed by atoms with Crippen molar-refractivity contribution in [1.29, 1.82) is 0 Å². The molecule has 232 valence electrons. The second-order valence-electron chi connectivity index (χ2n) is 11.9. The standard InChI is InChI=1S/C40H36N4O.Pt/c1-6-28-19-27(5)20-29(7-2)40(28)31-24-42-43(25-31)32-11-10-12-33(22-32)45-34-15-16-36-35-13-8-9-14-37(35)44(38(36)23-34)39-21-30(26(3)4)17-18-41-39;/h8-21,24-26H,6-7H2,1-5H3;/q-2;+2. The number of benzene rings is 4. The summed E-state index contributed by atoms with van der Waals surface area (Å²) in [4.78, 5) is 4.76. The van der Waals surface area contributed by atoms with Gasteiger partial charge in [-0.2, -0.15) is 17.2 Å². The van der Waals surface area contributed by atoms with Crippen LogP contribution in [0.1, 0.15) is 55.9 Å². The zero-order chi connectivity index (χ0) is 31.1. The molecule has 0 saturated heterocycles. The first kappa shape index (κ1) is 31.5. The molecule has 7 aromatic rings. The molecule has 0 aliphatic carbocycles. The maximum atomic E-state index is 6.39. The van der Waals surface area contributed by atoms with Gasteiger partial charge in [-0.3, -0.25) is 4.68 Å². The van der Waals surface area contributed by atoms with Crippen LogP contribution < -0.4 is 4.74 Å². The van der Waals surface area contributed by atoms with Crippen molar-refractivity contribution in [2.75, 3.05) is 0 Å². The van der Waals surface area contributed by atoms with E-state index in [1.54, 1.807) is 0 Å². The zero-order valence-corrected chi connectivity index (χ0v) is 29.0. The molecule has 0 aliphatic rings. The van der Waals surface area contributed by atoms with Gasteiger partial charge in [-0.05, 0) is 77.2 Å². The Hall–Kier alpha value is -4.47. The minimum absolute atomic E-state index is 0. The van der Waals surface area contributed by atoms with E-state index in [4.69, 9.17) is 14.8 Å². The largest absolute Gasteiger partial charge is 2.00 e. The number of aromatic nitrogens is 4. The van der Waals surface area contributed by atoms with Crippen molar-refractivity contribution in [3.05, 3.63) is 132 Å². The molecule has 0 bridgehead atoms. The predicted octanol–water partition coefficient (Wildman–Crippen LogP) is 9.98. The number of pyridine rings is 1. The van der Waals surface area contributed by atoms with E-state index in [0.29, 0.717) is 17.4 Å². The van der Waals surface area contributed by atoms with E-state index < -0.39 is 0 Å². The molecular formula is C40H36N4OPt. The molecule has 0 radical (unpaired) electrons. The molecule has 0 fully saturated rings. The molecule has 4 aromatic carbocycles. The Morgan fingerprint density at radius 2 is 1.59 bits per heavy atom. The second-order valence-corrected chi connectivity index (χ2v) is 11.9. The van der Waals surface area contributed by atoms with Gasteiger partial charge in [0.05, 0.1) is 6.20 Å². The fraction of sp³-hybridized carbons (Fsp3) is 0.200. The van der Waals surface area contributed by atoms with Crippen molar-refractivity contribution in [2.45, 2.75) is 53.4 Å². The molecule has 0 atom stereocenters. The SMILES string of the molecule is CCc1cc(C)cc(CC)c1-c1cnn(-c2[c-]c(Oc3[c-]c4c(cc3)c3ccccc3n4-c3cc(C(C)C)ccn3)ccc2)c1.[Pt+2]. The topological polar surface area (TPSA) is 44.9 Å². The van der Waals surface area contributed by atoms with Crippen LogP contribution in [0.4, 0.5) is 0 Å². The molecule has 0 aliphatic heterocycles. The van der Waals surface area contributed by atoms with E-state index in [1.165, 1.54) is 27.8 Å². The first-order valence-corrected chi connectivity index (χ1v) is 15.7. The minimum Gasteiger partial charge on any atom is -0.509 e. The maximum Gasteiger partial charge on any atom is 2.00 e. The first-order chi connectivity index (χ1) is 21.9. The van der Waals surface area contributed by atoms with Crippen LogP contribution in [-0.2, 0) is 33.9 Å². The van der Waals surface area contributed by atoms with Gasteiger partial charge in [0.15, 0.2) is 0 Å². The van der Waals surface area contributed by atoms with Crippen LogP contribution in [0.3, 0.4) is 0 Å². The van der Waals surface area contributed by atoms with E-state index in [-0.39, 0.29) is 21.1 Å². The van der Waals surface area contributed by atoms with Crippen LogP contribution in [0.2, 0.25) is 0 Å². The predicted molar refractivity (Wildman–Crippen MR) is 183 cm³/mol. The summed E-state index contributed by atoms with van der Waals surface area (Å²) in [5.41, 5.74) is 10.5. The summed E-state index contributed by atoms with van der Waals surface area (Å²) < 4.78 is 10.4. The Balaban J connectivity index is 0.00000372. The van der Waals surface area contributed by atoms with Crippen molar-refractivity contribution in [1.82, 2.24) is 19.3 Å². The second kappa shape index (κ2) is 13.1. The van der Waals surface area contributed by atoms with Gasteiger partial charge >= 0.3 is 21.1 Å². The Morgan fingerprint density at radius 3 is 2.35 bits per heavy atom. The number of rotatable bonds is 8. The molecule has 5 nitrogen and oxygen atoms in total. The van der Waals surface area contributed by atoms with Crippen LogP contribution in [0.25, 0.3) is 44.4 Å². The van der Waals surface area contributed by atoms with E-state index in [0.717, 1.165) is 51.7 Å². The number of hydrogen-bond acceptors (Lipinski definition) is 3. The normalized spacial score (nSPS) is 11.3. The third kappa shape index (κ3) is 5.81. The fourth-order valence-electron chi connectivity index (χ4n) is 6.29. The van der Waals surface area contributed by atoms with Crippen molar-refractivity contribution < 1.29 is 25.8 Å². The van der Waals surface area contributed by atoms with Gasteiger partial charge in [0, 0.05) is 35.0 Å². The molecule has 3 heterocycles. The van der Waals surface area contributed by atoms with Crippen LogP contribution in [-0.4, -0.2) is 19.3 Å². The van der Waals surface area contributed by atoms with Crippen molar-refractivity contribution in [3.8, 4) is 34.1 Å². The van der Waals surface area contributed by atoms with E-state index in [1.807, 2.05) is 41.3 Å². The van der Waals surface area contributed by atoms with E-state index in [2.05, 4.69) is 112 Å². The quantitative estimate of drug-likeness (QED) is 0.144. The van der Waals surface area contributed by atoms with Crippen LogP contribution in [0, 0.1) is 19.1 Å². The average Bonchev–Trinajstić information content (AvgIpc) is 3.67. The van der Waals surface area contributed by atoms with Gasteiger partial charge in [0.2, 0.25) is 0 Å². The van der Waals surface area contributed by atoms with Gasteiger partial charge in [0.25, 0.3) is 0 Å². The Bertz CT molecular complexity index is 2150. The molecule has 46 heavy (non-hydrogen) atoms. The summed E-state index contributed by atoms with van der Waals surface area (Å²) >= 11 is 0. The summed E-state index contributed by atoms with van der Waals surface area (Å²) in [7, 11) is 0. The molecule has 0 spiro atoms. The van der Waals surface area contributed by atoms with Crippen molar-refractivity contribution in [2.24, 2.45) is 0 Å². The summed E-state index contributed by atoms with van der Waals surface area (Å²) in [6, 6.07) is 34.2. The van der Waals surface area contributed by atoms with Crippen LogP contribution >= 0.6 is 0 Å². The minimum atomic E-state index is 0. The van der Waals surface area contributed by atoms with Crippen molar-refractivity contribution >= 4 is 21.8 Å². The third-order valence-electron chi connectivity index (χ3n) is 8.52. The Morgan fingerprint density at radius 1 is 0.826 bits per heavy atom. The third-order valence-corrected chi connectivity index (χ3v) is 8.52. The number of nitrogens with zero attached hydrogens (tertiary/aromatic N) is 4. The molecular weight excluding hydrogens is 748 g/mol. The summed E-state index contributed by atoms with van der Waals surface area (Å²) in [6.07, 6.45) is 7.88. The van der Waals surface area contributed by atoms with Crippen molar-refractivity contribution in [3.63, 3.8) is 0 Å². The number of fused-ring (bicyclic) bond motifs is 3. The summed E-state index contributed by atoms with van der Waals surface area (Å²) in [6.45, 7) is 11.0.